The van der Waals surface area contributed by atoms with Crippen molar-refractivity contribution in [1.82, 2.24) is 9.55 Å². The van der Waals surface area contributed by atoms with Gasteiger partial charge in [-0.3, -0.25) is 0 Å². The van der Waals surface area contributed by atoms with Gasteiger partial charge < -0.3 is 14.4 Å². The molecule has 23 heavy (non-hydrogen) atoms. The van der Waals surface area contributed by atoms with Gasteiger partial charge in [-0.25, -0.2) is 9.78 Å². The first-order valence-corrected chi connectivity index (χ1v) is 7.16. The molecular weight excluding hydrogens is 292 g/mol. The summed E-state index contributed by atoms with van der Waals surface area (Å²) in [5, 5.41) is 9.31. The summed E-state index contributed by atoms with van der Waals surface area (Å²) in [5.74, 6) is 0.593. The summed E-state index contributed by atoms with van der Waals surface area (Å²) in [7, 11) is 1.62. The minimum atomic E-state index is -0.927. The van der Waals surface area contributed by atoms with Crippen LogP contribution in [0.5, 0.6) is 5.75 Å². The topological polar surface area (TPSA) is 64.4 Å². The standard InChI is InChI=1S/C18H16N2O3/c1-23-15-7-4-6-13(11-15)17-19-9-10-20(17)12-14-5-2-3-8-16(14)18(21)22/h2-11H,12H2,1H3,(H,21,22). The smallest absolute Gasteiger partial charge is 0.336 e. The van der Waals surface area contributed by atoms with Crippen molar-refractivity contribution in [2.24, 2.45) is 0 Å². The zero-order chi connectivity index (χ0) is 16.2. The second-order valence-corrected chi connectivity index (χ2v) is 5.07. The lowest BCUT2D eigenvalue weighted by Gasteiger charge is -2.11. The third-order valence-electron chi connectivity index (χ3n) is 3.63. The van der Waals surface area contributed by atoms with Gasteiger partial charge in [0, 0.05) is 24.5 Å². The molecule has 0 spiro atoms. The quantitative estimate of drug-likeness (QED) is 0.785. The van der Waals surface area contributed by atoms with E-state index in [1.807, 2.05) is 47.2 Å². The van der Waals surface area contributed by atoms with Crippen LogP contribution in [-0.4, -0.2) is 27.7 Å². The van der Waals surface area contributed by atoms with Crippen molar-refractivity contribution in [2.45, 2.75) is 6.54 Å². The Balaban J connectivity index is 1.97. The van der Waals surface area contributed by atoms with Crippen molar-refractivity contribution in [3.63, 3.8) is 0 Å². The fourth-order valence-corrected chi connectivity index (χ4v) is 2.51. The summed E-state index contributed by atoms with van der Waals surface area (Å²) in [6, 6.07) is 14.6. The van der Waals surface area contributed by atoms with Crippen molar-refractivity contribution >= 4 is 5.97 Å². The molecule has 0 aliphatic carbocycles. The highest BCUT2D eigenvalue weighted by atomic mass is 16.5. The number of ether oxygens (including phenoxy) is 1. The monoisotopic (exact) mass is 308 g/mol. The summed E-state index contributed by atoms with van der Waals surface area (Å²) in [6.45, 7) is 0.440. The molecule has 1 heterocycles. The second kappa shape index (κ2) is 6.36. The van der Waals surface area contributed by atoms with E-state index in [1.165, 1.54) is 0 Å². The molecule has 0 saturated carbocycles. The Morgan fingerprint density at radius 2 is 2.04 bits per heavy atom. The number of aromatic carboxylic acids is 1. The molecule has 5 heteroatoms. The zero-order valence-electron chi connectivity index (χ0n) is 12.6. The first kappa shape index (κ1) is 14.8. The van der Waals surface area contributed by atoms with Gasteiger partial charge in [-0.05, 0) is 23.8 Å². The molecule has 3 aromatic rings. The van der Waals surface area contributed by atoms with Crippen LogP contribution >= 0.6 is 0 Å². The summed E-state index contributed by atoms with van der Waals surface area (Å²) < 4.78 is 7.17. The van der Waals surface area contributed by atoms with Crippen LogP contribution in [0.2, 0.25) is 0 Å². The fraction of sp³-hybridized carbons (Fsp3) is 0.111. The largest absolute Gasteiger partial charge is 0.497 e. The SMILES string of the molecule is COc1cccc(-c2nccn2Cc2ccccc2C(=O)O)c1. The maximum atomic E-state index is 11.3. The summed E-state index contributed by atoms with van der Waals surface area (Å²) in [4.78, 5) is 15.7. The van der Waals surface area contributed by atoms with E-state index in [-0.39, 0.29) is 0 Å². The van der Waals surface area contributed by atoms with E-state index in [1.54, 1.807) is 25.4 Å². The highest BCUT2D eigenvalue weighted by Gasteiger charge is 2.12. The molecule has 0 unspecified atom stereocenters. The number of rotatable bonds is 5. The zero-order valence-corrected chi connectivity index (χ0v) is 12.6. The van der Waals surface area contributed by atoms with Crippen molar-refractivity contribution in [1.29, 1.82) is 0 Å². The van der Waals surface area contributed by atoms with Crippen LogP contribution < -0.4 is 4.74 Å². The number of nitrogens with zero attached hydrogens (tertiary/aromatic N) is 2. The van der Waals surface area contributed by atoms with Gasteiger partial charge >= 0.3 is 5.97 Å². The first-order valence-electron chi connectivity index (χ1n) is 7.16. The summed E-state index contributed by atoms with van der Waals surface area (Å²) in [5.41, 5.74) is 1.96. The van der Waals surface area contributed by atoms with Crippen LogP contribution in [0.3, 0.4) is 0 Å². The Morgan fingerprint density at radius 3 is 2.83 bits per heavy atom. The van der Waals surface area contributed by atoms with Crippen molar-refractivity contribution in [2.75, 3.05) is 7.11 Å². The molecule has 0 bridgehead atoms. The Kier molecular flexibility index (Phi) is 4.10. The minimum absolute atomic E-state index is 0.304. The van der Waals surface area contributed by atoms with Gasteiger partial charge in [0.2, 0.25) is 0 Å². The molecule has 0 aliphatic heterocycles. The molecule has 0 fully saturated rings. The number of aromatic nitrogens is 2. The molecule has 0 radical (unpaired) electrons. The van der Waals surface area contributed by atoms with Gasteiger partial charge in [-0.1, -0.05) is 30.3 Å². The van der Waals surface area contributed by atoms with E-state index in [4.69, 9.17) is 4.74 Å². The second-order valence-electron chi connectivity index (χ2n) is 5.07. The van der Waals surface area contributed by atoms with Gasteiger partial charge in [0.25, 0.3) is 0 Å². The Labute approximate surface area is 133 Å². The summed E-state index contributed by atoms with van der Waals surface area (Å²) in [6.07, 6.45) is 3.55. The maximum absolute atomic E-state index is 11.3. The lowest BCUT2D eigenvalue weighted by molar-refractivity contribution is 0.0695. The lowest BCUT2D eigenvalue weighted by Crippen LogP contribution is -2.07. The molecule has 0 saturated heterocycles. The van der Waals surface area contributed by atoms with E-state index in [0.29, 0.717) is 12.1 Å². The number of hydrogen-bond acceptors (Lipinski definition) is 3. The normalized spacial score (nSPS) is 10.5. The third kappa shape index (κ3) is 3.08. The molecule has 2 aromatic carbocycles. The number of benzene rings is 2. The predicted molar refractivity (Wildman–Crippen MR) is 86.7 cm³/mol. The Bertz CT molecular complexity index is 840. The van der Waals surface area contributed by atoms with E-state index < -0.39 is 5.97 Å². The molecule has 0 amide bonds. The Hall–Kier alpha value is -3.08. The first-order chi connectivity index (χ1) is 11.2. The molecule has 0 aliphatic rings. The molecule has 5 nitrogen and oxygen atoms in total. The molecule has 0 atom stereocenters. The third-order valence-corrected chi connectivity index (χ3v) is 3.63. The molecule has 116 valence electrons. The van der Waals surface area contributed by atoms with Crippen molar-refractivity contribution in [3.8, 4) is 17.1 Å². The van der Waals surface area contributed by atoms with Gasteiger partial charge in [0.05, 0.1) is 12.7 Å². The Morgan fingerprint density at radius 1 is 1.22 bits per heavy atom. The van der Waals surface area contributed by atoms with Crippen LogP contribution in [0.1, 0.15) is 15.9 Å². The van der Waals surface area contributed by atoms with Crippen LogP contribution in [0.15, 0.2) is 60.9 Å². The average Bonchev–Trinajstić information content (AvgIpc) is 3.03. The molecule has 1 N–H and O–H groups in total. The van der Waals surface area contributed by atoms with Gasteiger partial charge in [0.15, 0.2) is 0 Å². The van der Waals surface area contributed by atoms with E-state index in [9.17, 15) is 9.90 Å². The van der Waals surface area contributed by atoms with Crippen molar-refractivity contribution in [3.05, 3.63) is 72.1 Å². The number of imidazole rings is 1. The summed E-state index contributed by atoms with van der Waals surface area (Å²) >= 11 is 0. The van der Waals surface area contributed by atoms with Gasteiger partial charge in [-0.15, -0.1) is 0 Å². The fourth-order valence-electron chi connectivity index (χ4n) is 2.51. The van der Waals surface area contributed by atoms with E-state index >= 15 is 0 Å². The highest BCUT2D eigenvalue weighted by Crippen LogP contribution is 2.23. The number of carboxylic acids is 1. The average molecular weight is 308 g/mol. The molecular formula is C18H16N2O3. The van der Waals surface area contributed by atoms with Crippen LogP contribution in [0, 0.1) is 0 Å². The number of carbonyl (C=O) groups is 1. The van der Waals surface area contributed by atoms with Gasteiger partial charge in [-0.2, -0.15) is 0 Å². The van der Waals surface area contributed by atoms with E-state index in [0.717, 1.165) is 22.7 Å². The predicted octanol–water partition coefficient (Wildman–Crippen LogP) is 3.31. The molecule has 1 aromatic heterocycles. The number of carboxylic acid groups (broad SMARTS) is 1. The molecule has 3 rings (SSSR count). The van der Waals surface area contributed by atoms with Crippen LogP contribution in [-0.2, 0) is 6.54 Å². The van der Waals surface area contributed by atoms with Gasteiger partial charge in [0.1, 0.15) is 11.6 Å². The maximum Gasteiger partial charge on any atom is 0.336 e. The lowest BCUT2D eigenvalue weighted by atomic mass is 10.1. The number of hydrogen-bond donors (Lipinski definition) is 1. The van der Waals surface area contributed by atoms with Crippen molar-refractivity contribution < 1.29 is 14.6 Å². The minimum Gasteiger partial charge on any atom is -0.497 e. The van der Waals surface area contributed by atoms with Crippen LogP contribution in [0.25, 0.3) is 11.4 Å². The highest BCUT2D eigenvalue weighted by molar-refractivity contribution is 5.89. The van der Waals surface area contributed by atoms with E-state index in [2.05, 4.69) is 4.98 Å². The number of methoxy groups -OCH3 is 1. The van der Waals surface area contributed by atoms with Crippen LogP contribution in [0.4, 0.5) is 0 Å².